The zero-order valence-corrected chi connectivity index (χ0v) is 14.8. The van der Waals surface area contributed by atoms with Gasteiger partial charge in [-0.05, 0) is 30.3 Å². The Hall–Kier alpha value is -2.60. The Morgan fingerprint density at radius 3 is 2.96 bits per heavy atom. The van der Waals surface area contributed by atoms with E-state index in [1.165, 1.54) is 0 Å². The maximum absolute atomic E-state index is 13.0. The fourth-order valence-corrected chi connectivity index (χ4v) is 2.96. The molecule has 1 aliphatic rings. The van der Waals surface area contributed by atoms with Crippen LogP contribution in [0, 0.1) is 0 Å². The van der Waals surface area contributed by atoms with Gasteiger partial charge in [-0.3, -0.25) is 9.78 Å². The number of rotatable bonds is 5. The van der Waals surface area contributed by atoms with Crippen LogP contribution in [0.15, 0.2) is 42.6 Å². The number of methoxy groups -OCH3 is 1. The normalized spacial score (nSPS) is 14.4. The van der Waals surface area contributed by atoms with E-state index in [1.54, 1.807) is 25.3 Å². The molecule has 2 heterocycles. The molecule has 25 heavy (non-hydrogen) atoms. The molecule has 1 aliphatic heterocycles. The van der Waals surface area contributed by atoms with E-state index in [-0.39, 0.29) is 11.9 Å². The Kier molecular flexibility index (Phi) is 5.19. The summed E-state index contributed by atoms with van der Waals surface area (Å²) >= 11 is 0. The number of carbonyl (C=O) groups excluding carboxylic acids is 1. The van der Waals surface area contributed by atoms with Gasteiger partial charge in [0.2, 0.25) is 0 Å². The predicted molar refractivity (Wildman–Crippen MR) is 96.2 cm³/mol. The second-order valence-corrected chi connectivity index (χ2v) is 6.09. The third-order valence-electron chi connectivity index (χ3n) is 4.44. The minimum Gasteiger partial charge on any atom is -0.490 e. The van der Waals surface area contributed by atoms with Crippen molar-refractivity contribution in [1.82, 2.24) is 9.88 Å². The van der Waals surface area contributed by atoms with Crippen LogP contribution in [-0.2, 0) is 4.74 Å². The van der Waals surface area contributed by atoms with Crippen LogP contribution in [0.1, 0.15) is 22.1 Å². The van der Waals surface area contributed by atoms with Crippen molar-refractivity contribution in [1.29, 1.82) is 0 Å². The Bertz CT molecular complexity index is 736. The van der Waals surface area contributed by atoms with E-state index in [9.17, 15) is 4.79 Å². The highest BCUT2D eigenvalue weighted by Gasteiger charge is 2.25. The zero-order chi connectivity index (χ0) is 17.8. The van der Waals surface area contributed by atoms with Gasteiger partial charge in [0.15, 0.2) is 0 Å². The molecule has 6 nitrogen and oxygen atoms in total. The van der Waals surface area contributed by atoms with Gasteiger partial charge < -0.3 is 19.3 Å². The number of hydrogen-bond acceptors (Lipinski definition) is 5. The van der Waals surface area contributed by atoms with Crippen LogP contribution in [0.5, 0.6) is 5.75 Å². The van der Waals surface area contributed by atoms with E-state index in [2.05, 4.69) is 9.88 Å². The van der Waals surface area contributed by atoms with Crippen molar-refractivity contribution in [3.05, 3.63) is 53.9 Å². The van der Waals surface area contributed by atoms with E-state index in [4.69, 9.17) is 9.47 Å². The van der Waals surface area contributed by atoms with Crippen LogP contribution >= 0.6 is 0 Å². The second-order valence-electron chi connectivity index (χ2n) is 6.09. The number of hydrogen-bond donors (Lipinski definition) is 0. The van der Waals surface area contributed by atoms with Crippen molar-refractivity contribution < 1.29 is 14.3 Å². The van der Waals surface area contributed by atoms with E-state index in [0.29, 0.717) is 18.8 Å². The number of fused-ring (bicyclic) bond motifs is 1. The highest BCUT2D eigenvalue weighted by molar-refractivity contribution is 5.95. The van der Waals surface area contributed by atoms with Gasteiger partial charge in [-0.25, -0.2) is 0 Å². The van der Waals surface area contributed by atoms with Gasteiger partial charge in [-0.15, -0.1) is 0 Å². The first-order chi connectivity index (χ1) is 12.1. The average Bonchev–Trinajstić information content (AvgIpc) is 2.65. The van der Waals surface area contributed by atoms with Crippen molar-refractivity contribution in [2.45, 2.75) is 6.04 Å². The molecule has 0 saturated heterocycles. The Labute approximate surface area is 148 Å². The van der Waals surface area contributed by atoms with Crippen LogP contribution in [0.4, 0.5) is 5.69 Å². The molecule has 2 aromatic rings. The van der Waals surface area contributed by atoms with Gasteiger partial charge in [0.1, 0.15) is 12.4 Å². The SMILES string of the molecule is COCC(c1ccccn1)N(C)C(=O)c1ccc2c(c1)OCCN2C. The Morgan fingerprint density at radius 1 is 1.40 bits per heavy atom. The van der Waals surface area contributed by atoms with Gasteiger partial charge in [-0.1, -0.05) is 6.07 Å². The van der Waals surface area contributed by atoms with Gasteiger partial charge in [-0.2, -0.15) is 0 Å². The molecule has 0 N–H and O–H groups in total. The van der Waals surface area contributed by atoms with Crippen molar-refractivity contribution in [3.8, 4) is 5.75 Å². The number of amides is 1. The van der Waals surface area contributed by atoms with E-state index < -0.39 is 0 Å². The van der Waals surface area contributed by atoms with Crippen LogP contribution in [-0.4, -0.2) is 56.8 Å². The quantitative estimate of drug-likeness (QED) is 0.836. The fourth-order valence-electron chi connectivity index (χ4n) is 2.96. The second kappa shape index (κ2) is 7.53. The first kappa shape index (κ1) is 17.2. The lowest BCUT2D eigenvalue weighted by molar-refractivity contribution is 0.0594. The van der Waals surface area contributed by atoms with Crippen LogP contribution in [0.25, 0.3) is 0 Å². The molecule has 1 unspecified atom stereocenters. The molecule has 0 bridgehead atoms. The van der Waals surface area contributed by atoms with Gasteiger partial charge in [0, 0.05) is 33.0 Å². The number of benzene rings is 1. The number of pyridine rings is 1. The highest BCUT2D eigenvalue weighted by Crippen LogP contribution is 2.32. The number of aromatic nitrogens is 1. The molecule has 1 atom stereocenters. The molecular weight excluding hydrogens is 318 g/mol. The maximum atomic E-state index is 13.0. The van der Waals surface area contributed by atoms with Crippen molar-refractivity contribution in [3.63, 3.8) is 0 Å². The highest BCUT2D eigenvalue weighted by atomic mass is 16.5. The number of ether oxygens (including phenoxy) is 2. The van der Waals surface area contributed by atoms with Crippen molar-refractivity contribution >= 4 is 11.6 Å². The molecule has 0 fully saturated rings. The van der Waals surface area contributed by atoms with Gasteiger partial charge in [0.25, 0.3) is 5.91 Å². The Balaban J connectivity index is 1.86. The zero-order valence-electron chi connectivity index (χ0n) is 14.8. The third kappa shape index (κ3) is 3.58. The molecule has 0 aliphatic carbocycles. The Morgan fingerprint density at radius 2 is 2.24 bits per heavy atom. The van der Waals surface area contributed by atoms with Crippen LogP contribution in [0.3, 0.4) is 0 Å². The predicted octanol–water partition coefficient (Wildman–Crippen LogP) is 2.37. The molecule has 1 aromatic carbocycles. The summed E-state index contributed by atoms with van der Waals surface area (Å²) in [5.41, 5.74) is 2.39. The largest absolute Gasteiger partial charge is 0.490 e. The minimum atomic E-state index is -0.252. The molecule has 1 aromatic heterocycles. The topological polar surface area (TPSA) is 54.9 Å². The molecule has 0 spiro atoms. The summed E-state index contributed by atoms with van der Waals surface area (Å²) in [5, 5.41) is 0. The lowest BCUT2D eigenvalue weighted by Crippen LogP contribution is -2.34. The van der Waals surface area contributed by atoms with E-state index >= 15 is 0 Å². The molecular formula is C19H23N3O3. The summed E-state index contributed by atoms with van der Waals surface area (Å²) in [4.78, 5) is 21.1. The van der Waals surface area contributed by atoms with Gasteiger partial charge >= 0.3 is 0 Å². The first-order valence-electron chi connectivity index (χ1n) is 8.27. The molecule has 0 radical (unpaired) electrons. The summed E-state index contributed by atoms with van der Waals surface area (Å²) < 4.78 is 11.0. The average molecular weight is 341 g/mol. The smallest absolute Gasteiger partial charge is 0.254 e. The first-order valence-corrected chi connectivity index (χ1v) is 8.27. The van der Waals surface area contributed by atoms with Crippen molar-refractivity contribution in [2.75, 3.05) is 45.9 Å². The summed E-state index contributed by atoms with van der Waals surface area (Å²) in [6.45, 7) is 1.84. The molecule has 132 valence electrons. The summed E-state index contributed by atoms with van der Waals surface area (Å²) in [6.07, 6.45) is 1.72. The lowest BCUT2D eigenvalue weighted by atomic mass is 10.1. The molecule has 0 saturated carbocycles. The summed E-state index contributed by atoms with van der Waals surface area (Å²) in [5.74, 6) is 0.654. The number of likely N-dealkylation sites (N-methyl/N-ethyl adjacent to an activating group) is 2. The number of nitrogens with zero attached hydrogens (tertiary/aromatic N) is 3. The fraction of sp³-hybridized carbons (Fsp3) is 0.368. The van der Waals surface area contributed by atoms with E-state index in [1.807, 2.05) is 43.4 Å². The molecule has 6 heteroatoms. The third-order valence-corrected chi connectivity index (χ3v) is 4.44. The summed E-state index contributed by atoms with van der Waals surface area (Å²) in [6, 6.07) is 11.0. The van der Waals surface area contributed by atoms with Crippen molar-refractivity contribution in [2.24, 2.45) is 0 Å². The van der Waals surface area contributed by atoms with Gasteiger partial charge in [0.05, 0.1) is 30.6 Å². The summed E-state index contributed by atoms with van der Waals surface area (Å²) in [7, 11) is 5.41. The monoisotopic (exact) mass is 341 g/mol. The molecule has 1 amide bonds. The van der Waals surface area contributed by atoms with E-state index in [0.717, 1.165) is 23.7 Å². The number of anilines is 1. The molecule has 3 rings (SSSR count). The number of carbonyl (C=O) groups is 1. The van der Waals surface area contributed by atoms with Crippen LogP contribution in [0.2, 0.25) is 0 Å². The minimum absolute atomic E-state index is 0.0904. The van der Waals surface area contributed by atoms with Crippen LogP contribution < -0.4 is 9.64 Å². The standard InChI is InChI=1S/C19H23N3O3/c1-21-10-11-25-18-12-14(7-8-16(18)21)19(23)22(2)17(13-24-3)15-6-4-5-9-20-15/h4-9,12,17H,10-11,13H2,1-3H3. The maximum Gasteiger partial charge on any atom is 0.254 e. The lowest BCUT2D eigenvalue weighted by Gasteiger charge is -2.30.